The lowest BCUT2D eigenvalue weighted by atomic mass is 10.0. The van der Waals surface area contributed by atoms with Crippen molar-refractivity contribution in [2.75, 3.05) is 17.2 Å². The number of nitrogens with one attached hydrogen (secondary N) is 3. The molecule has 8 heteroatoms. The standard InChI is InChI=1S/C22H20N4O4/c27-19(11-17-13-4-1-2-5-14(13)20(28)25-17)23-12-7-8-16-15(10-12)22(30)26-9-3-6-18(26)21(29)24-16/h1-2,4-5,7-8,10,17-18H,3,6,9,11H2,(H,23,27)(H,24,29)(H,25,28)/t17-,18-/m1/s1. The molecule has 2 aromatic carbocycles. The molecule has 0 spiro atoms. The summed E-state index contributed by atoms with van der Waals surface area (Å²) in [5.74, 6) is -0.845. The molecule has 0 aliphatic carbocycles. The van der Waals surface area contributed by atoms with Crippen molar-refractivity contribution in [1.29, 1.82) is 0 Å². The fraction of sp³-hybridized carbons (Fsp3) is 0.273. The molecule has 0 saturated carbocycles. The van der Waals surface area contributed by atoms with Gasteiger partial charge in [-0.25, -0.2) is 0 Å². The zero-order valence-electron chi connectivity index (χ0n) is 16.1. The van der Waals surface area contributed by atoms with E-state index in [-0.39, 0.29) is 36.1 Å². The highest BCUT2D eigenvalue weighted by Crippen LogP contribution is 2.31. The molecule has 2 aromatic rings. The first-order chi connectivity index (χ1) is 14.5. The highest BCUT2D eigenvalue weighted by atomic mass is 16.2. The molecule has 152 valence electrons. The van der Waals surface area contributed by atoms with Crippen molar-refractivity contribution in [3.8, 4) is 0 Å². The summed E-state index contributed by atoms with van der Waals surface area (Å²) in [6.45, 7) is 0.549. The average molecular weight is 404 g/mol. The summed E-state index contributed by atoms with van der Waals surface area (Å²) in [5, 5.41) is 8.44. The van der Waals surface area contributed by atoms with Gasteiger partial charge in [-0.15, -0.1) is 0 Å². The van der Waals surface area contributed by atoms with Crippen LogP contribution in [0.3, 0.4) is 0 Å². The Kier molecular flexibility index (Phi) is 4.27. The van der Waals surface area contributed by atoms with E-state index in [0.29, 0.717) is 35.5 Å². The molecule has 0 radical (unpaired) electrons. The molecule has 0 aromatic heterocycles. The van der Waals surface area contributed by atoms with Gasteiger partial charge in [0.05, 0.1) is 23.7 Å². The molecule has 5 rings (SSSR count). The highest BCUT2D eigenvalue weighted by Gasteiger charge is 2.38. The third kappa shape index (κ3) is 3.01. The second-order valence-electron chi connectivity index (χ2n) is 7.77. The number of nitrogens with zero attached hydrogens (tertiary/aromatic N) is 1. The van der Waals surface area contributed by atoms with Crippen LogP contribution in [0.25, 0.3) is 0 Å². The van der Waals surface area contributed by atoms with E-state index >= 15 is 0 Å². The second kappa shape index (κ2) is 6.98. The van der Waals surface area contributed by atoms with Gasteiger partial charge in [0.25, 0.3) is 11.8 Å². The number of benzene rings is 2. The Labute approximate surface area is 172 Å². The summed E-state index contributed by atoms with van der Waals surface area (Å²) in [4.78, 5) is 51.6. The number of carbonyl (C=O) groups excluding carboxylic acids is 4. The number of rotatable bonds is 3. The van der Waals surface area contributed by atoms with Gasteiger partial charge in [-0.2, -0.15) is 0 Å². The zero-order chi connectivity index (χ0) is 20.8. The monoisotopic (exact) mass is 404 g/mol. The van der Waals surface area contributed by atoms with Gasteiger partial charge in [-0.1, -0.05) is 18.2 Å². The SMILES string of the molecule is O=C(C[C@H]1NC(=O)c2ccccc21)Nc1ccc2c(c1)C(=O)N1CCC[C@@H]1C(=O)N2. The highest BCUT2D eigenvalue weighted by molar-refractivity contribution is 6.11. The number of hydrogen-bond donors (Lipinski definition) is 3. The predicted octanol–water partition coefficient (Wildman–Crippen LogP) is 2.06. The van der Waals surface area contributed by atoms with E-state index < -0.39 is 6.04 Å². The molecule has 8 nitrogen and oxygen atoms in total. The molecular formula is C22H20N4O4. The van der Waals surface area contributed by atoms with Gasteiger partial charge in [0.1, 0.15) is 6.04 Å². The minimum Gasteiger partial charge on any atom is -0.345 e. The molecule has 3 N–H and O–H groups in total. The van der Waals surface area contributed by atoms with Gasteiger partial charge >= 0.3 is 0 Å². The van der Waals surface area contributed by atoms with E-state index in [2.05, 4.69) is 16.0 Å². The Morgan fingerprint density at radius 3 is 2.80 bits per heavy atom. The van der Waals surface area contributed by atoms with Crippen LogP contribution in [0, 0.1) is 0 Å². The number of fused-ring (bicyclic) bond motifs is 3. The van der Waals surface area contributed by atoms with E-state index in [4.69, 9.17) is 0 Å². The van der Waals surface area contributed by atoms with Gasteiger partial charge in [0.2, 0.25) is 11.8 Å². The van der Waals surface area contributed by atoms with Gasteiger partial charge in [0, 0.05) is 17.8 Å². The molecule has 0 bridgehead atoms. The largest absolute Gasteiger partial charge is 0.345 e. The van der Waals surface area contributed by atoms with Gasteiger partial charge in [-0.3, -0.25) is 19.2 Å². The lowest BCUT2D eigenvalue weighted by molar-refractivity contribution is -0.119. The molecule has 3 aliphatic heterocycles. The van der Waals surface area contributed by atoms with Gasteiger partial charge in [0.15, 0.2) is 0 Å². The number of anilines is 2. The third-order valence-corrected chi connectivity index (χ3v) is 5.88. The van der Waals surface area contributed by atoms with E-state index in [1.54, 1.807) is 35.2 Å². The van der Waals surface area contributed by atoms with Crippen LogP contribution in [-0.4, -0.2) is 41.1 Å². The van der Waals surface area contributed by atoms with Crippen molar-refractivity contribution >= 4 is 35.0 Å². The van der Waals surface area contributed by atoms with Crippen LogP contribution >= 0.6 is 0 Å². The number of amides is 4. The molecule has 0 unspecified atom stereocenters. The quantitative estimate of drug-likeness (QED) is 0.728. The molecule has 2 atom stereocenters. The predicted molar refractivity (Wildman–Crippen MR) is 109 cm³/mol. The summed E-state index contributed by atoms with van der Waals surface area (Å²) < 4.78 is 0. The molecule has 1 saturated heterocycles. The fourth-order valence-electron chi connectivity index (χ4n) is 4.44. The van der Waals surface area contributed by atoms with Crippen molar-refractivity contribution < 1.29 is 19.2 Å². The zero-order valence-corrected chi connectivity index (χ0v) is 16.1. The van der Waals surface area contributed by atoms with E-state index in [9.17, 15) is 19.2 Å². The van der Waals surface area contributed by atoms with Crippen LogP contribution in [0.2, 0.25) is 0 Å². The van der Waals surface area contributed by atoms with Crippen LogP contribution in [0.5, 0.6) is 0 Å². The average Bonchev–Trinajstić information content (AvgIpc) is 3.32. The van der Waals surface area contributed by atoms with Crippen molar-refractivity contribution in [3.05, 3.63) is 59.2 Å². The summed E-state index contributed by atoms with van der Waals surface area (Å²) in [5.41, 5.74) is 2.68. The van der Waals surface area contributed by atoms with E-state index in [1.165, 1.54) is 0 Å². The maximum absolute atomic E-state index is 12.9. The Morgan fingerprint density at radius 2 is 1.93 bits per heavy atom. The lowest BCUT2D eigenvalue weighted by Gasteiger charge is -2.20. The van der Waals surface area contributed by atoms with Crippen molar-refractivity contribution in [1.82, 2.24) is 10.2 Å². The summed E-state index contributed by atoms with van der Waals surface area (Å²) in [7, 11) is 0. The Bertz CT molecular complexity index is 1100. The first-order valence-electron chi connectivity index (χ1n) is 9.97. The van der Waals surface area contributed by atoms with E-state index in [0.717, 1.165) is 12.0 Å². The first kappa shape index (κ1) is 18.4. The van der Waals surface area contributed by atoms with Gasteiger partial charge < -0.3 is 20.9 Å². The molecule has 4 amide bonds. The minimum absolute atomic E-state index is 0.0821. The Hall–Kier alpha value is -3.68. The summed E-state index contributed by atoms with van der Waals surface area (Å²) in [6.07, 6.45) is 1.53. The number of carbonyl (C=O) groups is 4. The normalized spacial score (nSPS) is 21.9. The van der Waals surface area contributed by atoms with Crippen LogP contribution in [-0.2, 0) is 9.59 Å². The third-order valence-electron chi connectivity index (χ3n) is 5.88. The fourth-order valence-corrected chi connectivity index (χ4v) is 4.44. The lowest BCUT2D eigenvalue weighted by Crippen LogP contribution is -2.40. The maximum atomic E-state index is 12.9. The van der Waals surface area contributed by atoms with Gasteiger partial charge in [-0.05, 0) is 42.7 Å². The second-order valence-corrected chi connectivity index (χ2v) is 7.77. The topological polar surface area (TPSA) is 108 Å². The maximum Gasteiger partial charge on any atom is 0.256 e. The first-order valence-corrected chi connectivity index (χ1v) is 9.97. The Balaban J connectivity index is 1.34. The van der Waals surface area contributed by atoms with Crippen LogP contribution < -0.4 is 16.0 Å². The van der Waals surface area contributed by atoms with Crippen molar-refractivity contribution in [2.24, 2.45) is 0 Å². The molecule has 1 fully saturated rings. The minimum atomic E-state index is -0.436. The summed E-state index contributed by atoms with van der Waals surface area (Å²) >= 11 is 0. The van der Waals surface area contributed by atoms with E-state index in [1.807, 2.05) is 12.1 Å². The molecule has 30 heavy (non-hydrogen) atoms. The van der Waals surface area contributed by atoms with Crippen LogP contribution in [0.4, 0.5) is 11.4 Å². The van der Waals surface area contributed by atoms with Crippen LogP contribution in [0.1, 0.15) is 51.6 Å². The Morgan fingerprint density at radius 1 is 1.10 bits per heavy atom. The number of hydrogen-bond acceptors (Lipinski definition) is 4. The molecular weight excluding hydrogens is 384 g/mol. The summed E-state index contributed by atoms with van der Waals surface area (Å²) in [6, 6.07) is 11.3. The molecule has 3 aliphatic rings. The van der Waals surface area contributed by atoms with Crippen molar-refractivity contribution in [2.45, 2.75) is 31.3 Å². The molecule has 3 heterocycles. The van der Waals surface area contributed by atoms with Crippen LogP contribution in [0.15, 0.2) is 42.5 Å². The smallest absolute Gasteiger partial charge is 0.256 e. The van der Waals surface area contributed by atoms with Crippen molar-refractivity contribution in [3.63, 3.8) is 0 Å².